The molecule has 2 aliphatic carbocycles. The van der Waals surface area contributed by atoms with Gasteiger partial charge in [-0.05, 0) is 50.5 Å². The molecule has 27 heavy (non-hydrogen) atoms. The van der Waals surface area contributed by atoms with Crippen molar-refractivity contribution in [2.75, 3.05) is 20.2 Å². The second-order valence-corrected chi connectivity index (χ2v) is 8.43. The van der Waals surface area contributed by atoms with Crippen molar-refractivity contribution in [2.24, 2.45) is 5.92 Å². The first kappa shape index (κ1) is 18.7. The molecule has 1 aliphatic heterocycles. The zero-order valence-corrected chi connectivity index (χ0v) is 16.3. The number of carbonyl (C=O) groups excluding carboxylic acids is 1. The standard InChI is InChI=1S/C22H31FN2O2/c1-27-19-11-8-17(20(23)13-19)14-24(18-9-10-18)15-22(26)25-12-4-6-16-5-2-3-7-21(16)25/h8,11,13,16,18,21H,2-7,9-10,12,14-15H2,1H3/t16?,21-/m0/s1. The summed E-state index contributed by atoms with van der Waals surface area (Å²) in [7, 11) is 1.54. The number of ether oxygens (including phenoxy) is 1. The fraction of sp³-hybridized carbons (Fsp3) is 0.682. The van der Waals surface area contributed by atoms with Crippen LogP contribution in [-0.4, -0.2) is 48.0 Å². The number of fused-ring (bicyclic) bond motifs is 1. The second kappa shape index (κ2) is 8.17. The Hall–Kier alpha value is -1.62. The maximum atomic E-state index is 14.4. The Kier molecular flexibility index (Phi) is 5.67. The van der Waals surface area contributed by atoms with Crippen LogP contribution in [0, 0.1) is 11.7 Å². The first-order valence-corrected chi connectivity index (χ1v) is 10.5. The highest BCUT2D eigenvalue weighted by Crippen LogP contribution is 2.36. The lowest BCUT2D eigenvalue weighted by molar-refractivity contribution is -0.139. The Bertz CT molecular complexity index is 674. The average Bonchev–Trinajstić information content (AvgIpc) is 3.53. The van der Waals surface area contributed by atoms with Gasteiger partial charge in [-0.3, -0.25) is 9.69 Å². The summed E-state index contributed by atoms with van der Waals surface area (Å²) in [5.74, 6) is 1.22. The molecule has 0 radical (unpaired) electrons. The highest BCUT2D eigenvalue weighted by molar-refractivity contribution is 5.79. The summed E-state index contributed by atoms with van der Waals surface area (Å²) in [6.07, 6.45) is 9.61. The fourth-order valence-electron chi connectivity index (χ4n) is 4.95. The molecule has 148 valence electrons. The summed E-state index contributed by atoms with van der Waals surface area (Å²) in [6.45, 7) is 1.81. The molecule has 2 saturated carbocycles. The van der Waals surface area contributed by atoms with Crippen molar-refractivity contribution in [1.29, 1.82) is 0 Å². The van der Waals surface area contributed by atoms with Gasteiger partial charge in [0.2, 0.25) is 5.91 Å². The molecular weight excluding hydrogens is 343 g/mol. The highest BCUT2D eigenvalue weighted by atomic mass is 19.1. The Balaban J connectivity index is 1.43. The van der Waals surface area contributed by atoms with Crippen LogP contribution < -0.4 is 4.74 Å². The van der Waals surface area contributed by atoms with Crippen molar-refractivity contribution in [3.63, 3.8) is 0 Å². The van der Waals surface area contributed by atoms with Crippen LogP contribution in [0.4, 0.5) is 4.39 Å². The molecule has 1 saturated heterocycles. The van der Waals surface area contributed by atoms with Gasteiger partial charge in [0, 0.05) is 36.8 Å². The Morgan fingerprint density at radius 1 is 1.19 bits per heavy atom. The molecule has 4 nitrogen and oxygen atoms in total. The van der Waals surface area contributed by atoms with Crippen LogP contribution in [0.25, 0.3) is 0 Å². The third-order valence-corrected chi connectivity index (χ3v) is 6.60. The summed E-state index contributed by atoms with van der Waals surface area (Å²) in [4.78, 5) is 17.5. The fourth-order valence-corrected chi connectivity index (χ4v) is 4.95. The molecule has 1 aromatic rings. The number of hydrogen-bond donors (Lipinski definition) is 0. The molecule has 1 aromatic carbocycles. The minimum atomic E-state index is -0.252. The number of carbonyl (C=O) groups is 1. The number of piperidine rings is 1. The van der Waals surface area contributed by atoms with Gasteiger partial charge in [-0.1, -0.05) is 18.9 Å². The summed E-state index contributed by atoms with van der Waals surface area (Å²) >= 11 is 0. The van der Waals surface area contributed by atoms with Gasteiger partial charge in [0.15, 0.2) is 0 Å². The molecule has 0 aromatic heterocycles. The molecule has 4 rings (SSSR count). The van der Waals surface area contributed by atoms with Gasteiger partial charge >= 0.3 is 0 Å². The first-order chi connectivity index (χ1) is 13.2. The molecule has 1 unspecified atom stereocenters. The van der Waals surface area contributed by atoms with Crippen LogP contribution in [0.5, 0.6) is 5.75 Å². The van der Waals surface area contributed by atoms with E-state index in [9.17, 15) is 9.18 Å². The van der Waals surface area contributed by atoms with E-state index in [0.29, 0.717) is 42.4 Å². The van der Waals surface area contributed by atoms with Gasteiger partial charge in [0.05, 0.1) is 13.7 Å². The summed E-state index contributed by atoms with van der Waals surface area (Å²) in [6, 6.07) is 5.87. The third kappa shape index (κ3) is 4.29. The highest BCUT2D eigenvalue weighted by Gasteiger charge is 2.38. The largest absolute Gasteiger partial charge is 0.497 e. The van der Waals surface area contributed by atoms with E-state index in [1.54, 1.807) is 19.2 Å². The van der Waals surface area contributed by atoms with Gasteiger partial charge in [-0.15, -0.1) is 0 Å². The number of halogens is 1. The molecule has 0 spiro atoms. The van der Waals surface area contributed by atoms with Crippen LogP contribution in [-0.2, 0) is 11.3 Å². The van der Waals surface area contributed by atoms with Crippen LogP contribution in [0.2, 0.25) is 0 Å². The van der Waals surface area contributed by atoms with E-state index in [-0.39, 0.29) is 11.7 Å². The van der Waals surface area contributed by atoms with Crippen LogP contribution in [0.1, 0.15) is 56.9 Å². The molecule has 1 heterocycles. The number of amides is 1. The van der Waals surface area contributed by atoms with Gasteiger partial charge in [0.25, 0.3) is 0 Å². The first-order valence-electron chi connectivity index (χ1n) is 10.5. The Labute approximate surface area is 161 Å². The maximum Gasteiger partial charge on any atom is 0.237 e. The van der Waals surface area contributed by atoms with E-state index >= 15 is 0 Å². The topological polar surface area (TPSA) is 32.8 Å². The summed E-state index contributed by atoms with van der Waals surface area (Å²) < 4.78 is 19.5. The second-order valence-electron chi connectivity index (χ2n) is 8.43. The van der Waals surface area contributed by atoms with Crippen molar-refractivity contribution in [3.05, 3.63) is 29.6 Å². The van der Waals surface area contributed by atoms with Crippen molar-refractivity contribution in [3.8, 4) is 5.75 Å². The van der Waals surface area contributed by atoms with Gasteiger partial charge < -0.3 is 9.64 Å². The van der Waals surface area contributed by atoms with Gasteiger partial charge in [-0.25, -0.2) is 4.39 Å². The molecule has 5 heteroatoms. The van der Waals surface area contributed by atoms with Crippen LogP contribution in [0.3, 0.4) is 0 Å². The molecule has 1 amide bonds. The molecule has 3 fully saturated rings. The van der Waals surface area contributed by atoms with Gasteiger partial charge in [-0.2, -0.15) is 0 Å². The number of rotatable bonds is 6. The number of benzene rings is 1. The minimum absolute atomic E-state index is 0.243. The summed E-state index contributed by atoms with van der Waals surface area (Å²) in [5, 5.41) is 0. The zero-order valence-electron chi connectivity index (χ0n) is 16.3. The quantitative estimate of drug-likeness (QED) is 0.755. The predicted molar refractivity (Wildman–Crippen MR) is 103 cm³/mol. The zero-order chi connectivity index (χ0) is 18.8. The average molecular weight is 375 g/mol. The van der Waals surface area contributed by atoms with E-state index < -0.39 is 0 Å². The molecule has 3 aliphatic rings. The van der Waals surface area contributed by atoms with Crippen molar-refractivity contribution >= 4 is 5.91 Å². The molecule has 2 atom stereocenters. The van der Waals surface area contributed by atoms with E-state index in [1.807, 2.05) is 0 Å². The van der Waals surface area contributed by atoms with Crippen molar-refractivity contribution in [1.82, 2.24) is 9.80 Å². The SMILES string of the molecule is COc1ccc(CN(CC(=O)N2CCCC3CCCC[C@@H]32)C2CC2)c(F)c1. The smallest absolute Gasteiger partial charge is 0.237 e. The van der Waals surface area contributed by atoms with E-state index in [4.69, 9.17) is 4.74 Å². The number of likely N-dealkylation sites (tertiary alicyclic amines) is 1. The minimum Gasteiger partial charge on any atom is -0.497 e. The third-order valence-electron chi connectivity index (χ3n) is 6.60. The van der Waals surface area contributed by atoms with E-state index in [2.05, 4.69) is 9.80 Å². The molecule has 0 bridgehead atoms. The number of hydrogen-bond acceptors (Lipinski definition) is 3. The monoisotopic (exact) mass is 374 g/mol. The lowest BCUT2D eigenvalue weighted by Crippen LogP contribution is -2.52. The predicted octanol–water partition coefficient (Wildman–Crippen LogP) is 3.98. The lowest BCUT2D eigenvalue weighted by atomic mass is 9.78. The van der Waals surface area contributed by atoms with E-state index in [1.165, 1.54) is 31.7 Å². The molecule has 0 N–H and O–H groups in total. The number of methoxy groups -OCH3 is 1. The van der Waals surface area contributed by atoms with Crippen LogP contribution >= 0.6 is 0 Å². The normalized spacial score (nSPS) is 25.4. The Morgan fingerprint density at radius 2 is 1.96 bits per heavy atom. The Morgan fingerprint density at radius 3 is 2.70 bits per heavy atom. The summed E-state index contributed by atoms with van der Waals surface area (Å²) in [5.41, 5.74) is 0.643. The van der Waals surface area contributed by atoms with Gasteiger partial charge in [0.1, 0.15) is 11.6 Å². The van der Waals surface area contributed by atoms with Crippen LogP contribution in [0.15, 0.2) is 18.2 Å². The van der Waals surface area contributed by atoms with E-state index in [0.717, 1.165) is 32.2 Å². The maximum absolute atomic E-state index is 14.4. The number of nitrogens with zero attached hydrogens (tertiary/aromatic N) is 2. The lowest BCUT2D eigenvalue weighted by Gasteiger charge is -2.44. The van der Waals surface area contributed by atoms with Crippen molar-refractivity contribution < 1.29 is 13.9 Å². The molecular formula is C22H31FN2O2. The van der Waals surface area contributed by atoms with Crippen molar-refractivity contribution in [2.45, 2.75) is 70.0 Å².